The second-order valence-corrected chi connectivity index (χ2v) is 12.5. The van der Waals surface area contributed by atoms with E-state index in [-0.39, 0.29) is 12.2 Å². The summed E-state index contributed by atoms with van der Waals surface area (Å²) in [4.78, 5) is 9.63. The van der Waals surface area contributed by atoms with Crippen LogP contribution in [0.1, 0.15) is 128 Å². The molecule has 0 bridgehead atoms. The van der Waals surface area contributed by atoms with Crippen LogP contribution in [0.5, 0.6) is 11.5 Å². The first-order valence-electron chi connectivity index (χ1n) is 15.1. The third-order valence-electron chi connectivity index (χ3n) is 8.30. The molecule has 0 spiro atoms. The number of carboxylic acids is 1. The maximum Gasteiger partial charge on any atom is 0.329 e. The van der Waals surface area contributed by atoms with Gasteiger partial charge in [0, 0.05) is 12.2 Å². The van der Waals surface area contributed by atoms with Gasteiger partial charge in [-0.2, -0.15) is 0 Å². The zero-order chi connectivity index (χ0) is 28.9. The van der Waals surface area contributed by atoms with E-state index in [0.29, 0.717) is 12.4 Å². The Morgan fingerprint density at radius 3 is 1.97 bits per heavy atom. The molecule has 0 fully saturated rings. The molecule has 1 aliphatic rings. The van der Waals surface area contributed by atoms with Gasteiger partial charge in [0.1, 0.15) is 23.7 Å². The monoisotopic (exact) mass is 534 g/mol. The summed E-state index contributed by atoms with van der Waals surface area (Å²) >= 11 is 0. The first-order valence-corrected chi connectivity index (χ1v) is 15.1. The second-order valence-electron chi connectivity index (χ2n) is 12.5. The molecule has 1 heterocycles. The summed E-state index contributed by atoms with van der Waals surface area (Å²) in [6.45, 7) is 20.0. The lowest BCUT2D eigenvalue weighted by atomic mass is 9.84. The van der Waals surface area contributed by atoms with E-state index in [4.69, 9.17) is 9.84 Å². The van der Waals surface area contributed by atoms with Crippen molar-refractivity contribution >= 4 is 5.97 Å². The third kappa shape index (κ3) is 12.0. The number of fused-ring (bicyclic) bond motifs is 1. The van der Waals surface area contributed by atoms with Gasteiger partial charge in [0.05, 0.1) is 0 Å². The number of benzene rings is 1. The van der Waals surface area contributed by atoms with Gasteiger partial charge in [-0.15, -0.1) is 0 Å². The normalized spacial score (nSPS) is 18.3. The van der Waals surface area contributed by atoms with Crippen LogP contribution in [0.3, 0.4) is 0 Å². The molecule has 2 N–H and O–H groups in total. The lowest BCUT2D eigenvalue weighted by molar-refractivity contribution is -0.142. The van der Waals surface area contributed by atoms with Gasteiger partial charge in [-0.3, -0.25) is 0 Å². The average molecular weight is 535 g/mol. The molecule has 2 rings (SSSR count). The first kappa shape index (κ1) is 34.3. The van der Waals surface area contributed by atoms with Crippen molar-refractivity contribution in [3.63, 3.8) is 0 Å². The highest BCUT2D eigenvalue weighted by Crippen LogP contribution is 2.44. The zero-order valence-electron chi connectivity index (χ0n) is 26.0. The van der Waals surface area contributed by atoms with Gasteiger partial charge >= 0.3 is 5.97 Å². The van der Waals surface area contributed by atoms with Gasteiger partial charge in [-0.1, -0.05) is 72.6 Å². The Morgan fingerprint density at radius 2 is 1.47 bits per heavy atom. The molecule has 3 atom stereocenters. The van der Waals surface area contributed by atoms with Crippen LogP contribution >= 0.6 is 0 Å². The fraction of sp³-hybridized carbons (Fsp3) is 0.788. The molecule has 1 aromatic carbocycles. The smallest absolute Gasteiger partial charge is 0.329 e. The molecule has 38 heavy (non-hydrogen) atoms. The van der Waals surface area contributed by atoms with Gasteiger partial charge in [0.25, 0.3) is 0 Å². The Bertz CT molecular complexity index is 847. The molecular formula is C33H58O5. The molecule has 1 aromatic rings. The summed E-state index contributed by atoms with van der Waals surface area (Å²) in [7, 11) is 0. The van der Waals surface area contributed by atoms with Crippen molar-refractivity contribution in [3.05, 3.63) is 22.3 Å². The molecule has 0 radical (unpaired) electrons. The lowest BCUT2D eigenvalue weighted by Gasteiger charge is -2.38. The Kier molecular flexibility index (Phi) is 15.4. The van der Waals surface area contributed by atoms with E-state index >= 15 is 0 Å². The van der Waals surface area contributed by atoms with Crippen LogP contribution in [0, 0.1) is 38.5 Å². The highest BCUT2D eigenvalue weighted by molar-refractivity contribution is 5.67. The van der Waals surface area contributed by atoms with E-state index in [1.807, 2.05) is 13.8 Å². The minimum absolute atomic E-state index is 0.0712. The standard InChI is InChI=1S/C29H50O2.C4H8O3/c1-20(2)12-9-13-21(3)14-10-15-22(4)16-11-18-29(8)19-17-26-25(7)27(30)23(5)24(6)28(26)31-29;1-2-7-3-4(5)6/h20-22,30H,9-19H2,1-8H3;2-3H2,1H3,(H,5,6)/t21?,22?,29-;/m1./s1. The number of rotatable bonds is 15. The van der Waals surface area contributed by atoms with Gasteiger partial charge < -0.3 is 19.7 Å². The SMILES string of the molecule is CCOCC(=O)O.Cc1c(C)c2c(c(C)c1O)CC[C@@](C)(CCCC(C)CCCC(C)CCCC(C)C)O2. The Labute approximate surface area is 233 Å². The number of hydrogen-bond donors (Lipinski definition) is 2. The number of aliphatic carboxylic acids is 1. The van der Waals surface area contributed by atoms with E-state index in [9.17, 15) is 9.90 Å². The molecule has 0 aromatic heterocycles. The predicted octanol–water partition coefficient (Wildman–Crippen LogP) is 8.95. The van der Waals surface area contributed by atoms with E-state index in [1.165, 1.54) is 56.9 Å². The van der Waals surface area contributed by atoms with Gasteiger partial charge in [0.15, 0.2) is 0 Å². The van der Waals surface area contributed by atoms with Crippen LogP contribution in [0.4, 0.5) is 0 Å². The third-order valence-corrected chi connectivity index (χ3v) is 8.30. The van der Waals surface area contributed by atoms with Crippen molar-refractivity contribution < 1.29 is 24.5 Å². The minimum atomic E-state index is -0.915. The molecule has 1 aliphatic heterocycles. The molecule has 0 saturated carbocycles. The maximum absolute atomic E-state index is 10.4. The number of hydrogen-bond acceptors (Lipinski definition) is 4. The van der Waals surface area contributed by atoms with Crippen LogP contribution < -0.4 is 4.74 Å². The number of aromatic hydroxyl groups is 1. The molecule has 0 saturated heterocycles. The first-order chi connectivity index (χ1) is 17.8. The molecule has 2 unspecified atom stereocenters. The summed E-state index contributed by atoms with van der Waals surface area (Å²) < 4.78 is 11.1. The van der Waals surface area contributed by atoms with Crippen LogP contribution in [0.25, 0.3) is 0 Å². The fourth-order valence-corrected chi connectivity index (χ4v) is 5.46. The van der Waals surface area contributed by atoms with Crippen molar-refractivity contribution in [2.24, 2.45) is 17.8 Å². The summed E-state index contributed by atoms with van der Waals surface area (Å²) in [5, 5.41) is 18.3. The zero-order valence-corrected chi connectivity index (χ0v) is 26.0. The number of phenols is 1. The molecule has 5 heteroatoms. The van der Waals surface area contributed by atoms with Crippen molar-refractivity contribution in [2.75, 3.05) is 13.2 Å². The molecule has 0 aliphatic carbocycles. The Morgan fingerprint density at radius 1 is 0.921 bits per heavy atom. The Hall–Kier alpha value is -1.75. The summed E-state index contributed by atoms with van der Waals surface area (Å²) in [6.07, 6.45) is 14.1. The molecule has 0 amide bonds. The topological polar surface area (TPSA) is 76.0 Å². The van der Waals surface area contributed by atoms with Crippen molar-refractivity contribution in [3.8, 4) is 11.5 Å². The molecule has 5 nitrogen and oxygen atoms in total. The van der Waals surface area contributed by atoms with Crippen LogP contribution in [-0.2, 0) is 16.0 Å². The highest BCUT2D eigenvalue weighted by atomic mass is 16.5. The number of phenolic OH excluding ortho intramolecular Hbond substituents is 1. The average Bonchev–Trinajstić information content (AvgIpc) is 2.85. The van der Waals surface area contributed by atoms with E-state index in [2.05, 4.69) is 46.3 Å². The van der Waals surface area contributed by atoms with Gasteiger partial charge in [0.2, 0.25) is 0 Å². The van der Waals surface area contributed by atoms with E-state index in [0.717, 1.165) is 59.5 Å². The minimum Gasteiger partial charge on any atom is -0.507 e. The van der Waals surface area contributed by atoms with Crippen LogP contribution in [0.2, 0.25) is 0 Å². The van der Waals surface area contributed by atoms with Crippen molar-refractivity contribution in [1.29, 1.82) is 0 Å². The Balaban J connectivity index is 0.000000905. The summed E-state index contributed by atoms with van der Waals surface area (Å²) in [5.41, 5.74) is 4.23. The van der Waals surface area contributed by atoms with Gasteiger partial charge in [-0.25, -0.2) is 4.79 Å². The van der Waals surface area contributed by atoms with Gasteiger partial charge in [-0.05, 0) is 94.7 Å². The highest BCUT2D eigenvalue weighted by Gasteiger charge is 2.34. The maximum atomic E-state index is 10.4. The lowest BCUT2D eigenvalue weighted by Crippen LogP contribution is -2.37. The number of carbonyl (C=O) groups is 1. The van der Waals surface area contributed by atoms with Crippen LogP contribution in [0.15, 0.2) is 0 Å². The van der Waals surface area contributed by atoms with Crippen molar-refractivity contribution in [2.45, 2.75) is 139 Å². The summed E-state index contributed by atoms with van der Waals surface area (Å²) in [6, 6.07) is 0. The quantitative estimate of drug-likeness (QED) is 0.235. The fourth-order valence-electron chi connectivity index (χ4n) is 5.46. The predicted molar refractivity (Wildman–Crippen MR) is 159 cm³/mol. The summed E-state index contributed by atoms with van der Waals surface area (Å²) in [5.74, 6) is 3.12. The largest absolute Gasteiger partial charge is 0.507 e. The second kappa shape index (κ2) is 17.0. The van der Waals surface area contributed by atoms with Crippen LogP contribution in [-0.4, -0.2) is 35.0 Å². The number of ether oxygens (including phenoxy) is 2. The van der Waals surface area contributed by atoms with Crippen molar-refractivity contribution in [1.82, 2.24) is 0 Å². The molecule has 220 valence electrons. The number of carboxylic acid groups (broad SMARTS) is 1. The molecular weight excluding hydrogens is 476 g/mol. The van der Waals surface area contributed by atoms with E-state index < -0.39 is 5.97 Å². The van der Waals surface area contributed by atoms with E-state index in [1.54, 1.807) is 6.92 Å².